The Balaban J connectivity index is 1.46. The summed E-state index contributed by atoms with van der Waals surface area (Å²) in [6.07, 6.45) is 3.60. The minimum Gasteiger partial charge on any atom is -0.339 e. The van der Waals surface area contributed by atoms with Crippen molar-refractivity contribution < 1.29 is 9.32 Å². The number of hydrogen-bond donors (Lipinski definition) is 0. The lowest BCUT2D eigenvalue weighted by Gasteiger charge is -2.30. The lowest BCUT2D eigenvalue weighted by Crippen LogP contribution is -2.38. The summed E-state index contributed by atoms with van der Waals surface area (Å²) in [7, 11) is 0. The average Bonchev–Trinajstić information content (AvgIpc) is 3.27. The van der Waals surface area contributed by atoms with Crippen LogP contribution >= 0.6 is 0 Å². The molecular formula is C19H23N5O2. The van der Waals surface area contributed by atoms with Gasteiger partial charge in [-0.05, 0) is 31.9 Å². The Labute approximate surface area is 152 Å². The number of piperidine rings is 1. The van der Waals surface area contributed by atoms with Gasteiger partial charge in [0.1, 0.15) is 11.3 Å². The molecule has 1 fully saturated rings. The Morgan fingerprint density at radius 3 is 2.65 bits per heavy atom. The fraction of sp³-hybridized carbons (Fsp3) is 0.474. The largest absolute Gasteiger partial charge is 0.339 e. The number of fused-ring (bicyclic) bond motifs is 1. The number of rotatable bonds is 3. The van der Waals surface area contributed by atoms with Crippen LogP contribution < -0.4 is 0 Å². The van der Waals surface area contributed by atoms with E-state index in [0.717, 1.165) is 30.0 Å². The number of carbonyl (C=O) groups is 1. The molecule has 0 aliphatic carbocycles. The van der Waals surface area contributed by atoms with Crippen molar-refractivity contribution in [3.05, 3.63) is 47.5 Å². The highest BCUT2D eigenvalue weighted by Crippen LogP contribution is 2.28. The molecule has 1 aliphatic heterocycles. The molecule has 7 nitrogen and oxygen atoms in total. The van der Waals surface area contributed by atoms with Crippen LogP contribution in [-0.4, -0.2) is 43.4 Å². The summed E-state index contributed by atoms with van der Waals surface area (Å²) in [5.41, 5.74) is 2.22. The molecule has 26 heavy (non-hydrogen) atoms. The number of aromatic nitrogens is 4. The molecule has 1 aliphatic rings. The second-order valence-electron chi connectivity index (χ2n) is 7.19. The van der Waals surface area contributed by atoms with Gasteiger partial charge < -0.3 is 13.8 Å². The number of likely N-dealkylation sites (tertiary alicyclic amines) is 1. The van der Waals surface area contributed by atoms with Gasteiger partial charge in [0.15, 0.2) is 5.82 Å². The lowest BCUT2D eigenvalue weighted by molar-refractivity contribution is 0.0698. The first-order valence-corrected chi connectivity index (χ1v) is 9.11. The second-order valence-corrected chi connectivity index (χ2v) is 7.19. The Morgan fingerprint density at radius 1 is 1.23 bits per heavy atom. The zero-order valence-corrected chi connectivity index (χ0v) is 15.3. The standard InChI is InChI=1S/C19H23N5O2/c1-12(2)17-21-18(26-22-17)14-7-10-23(11-8-14)19(25)16-13(3)24-9-5-4-6-15(24)20-16/h4-6,9,12,14H,7-8,10-11H2,1-3H3. The Morgan fingerprint density at radius 2 is 2.00 bits per heavy atom. The van der Waals surface area contributed by atoms with Crippen LogP contribution in [0.25, 0.3) is 5.65 Å². The average molecular weight is 353 g/mol. The van der Waals surface area contributed by atoms with E-state index in [1.807, 2.05) is 54.5 Å². The quantitative estimate of drug-likeness (QED) is 0.723. The fourth-order valence-electron chi connectivity index (χ4n) is 3.45. The number of imidazole rings is 1. The first kappa shape index (κ1) is 16.8. The highest BCUT2D eigenvalue weighted by molar-refractivity contribution is 5.94. The van der Waals surface area contributed by atoms with Crippen LogP contribution in [0.4, 0.5) is 0 Å². The third-order valence-electron chi connectivity index (χ3n) is 5.08. The number of carbonyl (C=O) groups excluding carboxylic acids is 1. The van der Waals surface area contributed by atoms with Crippen molar-refractivity contribution in [1.29, 1.82) is 0 Å². The lowest BCUT2D eigenvalue weighted by atomic mass is 9.96. The number of amides is 1. The van der Waals surface area contributed by atoms with Crippen LogP contribution in [0, 0.1) is 6.92 Å². The van der Waals surface area contributed by atoms with Crippen molar-refractivity contribution in [3.8, 4) is 0 Å². The van der Waals surface area contributed by atoms with Gasteiger partial charge >= 0.3 is 0 Å². The Kier molecular flexibility index (Phi) is 4.22. The molecule has 0 bridgehead atoms. The minimum absolute atomic E-state index is 0.00181. The van der Waals surface area contributed by atoms with Crippen molar-refractivity contribution in [2.24, 2.45) is 0 Å². The van der Waals surface area contributed by atoms with E-state index in [1.54, 1.807) is 0 Å². The Bertz CT molecular complexity index is 934. The van der Waals surface area contributed by atoms with Crippen molar-refractivity contribution in [2.75, 3.05) is 13.1 Å². The summed E-state index contributed by atoms with van der Waals surface area (Å²) in [6.45, 7) is 7.39. The van der Waals surface area contributed by atoms with Crippen LogP contribution in [0.3, 0.4) is 0 Å². The molecule has 3 aromatic heterocycles. The van der Waals surface area contributed by atoms with E-state index in [-0.39, 0.29) is 17.7 Å². The number of nitrogens with zero attached hydrogens (tertiary/aromatic N) is 5. The molecule has 3 aromatic rings. The molecule has 0 unspecified atom stereocenters. The molecular weight excluding hydrogens is 330 g/mol. The molecule has 4 heterocycles. The van der Waals surface area contributed by atoms with Crippen molar-refractivity contribution in [3.63, 3.8) is 0 Å². The fourth-order valence-corrected chi connectivity index (χ4v) is 3.45. The van der Waals surface area contributed by atoms with E-state index >= 15 is 0 Å². The van der Waals surface area contributed by atoms with Gasteiger partial charge in [-0.15, -0.1) is 0 Å². The van der Waals surface area contributed by atoms with Gasteiger partial charge in [-0.1, -0.05) is 25.1 Å². The molecule has 1 saturated heterocycles. The summed E-state index contributed by atoms with van der Waals surface area (Å²) >= 11 is 0. The minimum atomic E-state index is -0.00181. The summed E-state index contributed by atoms with van der Waals surface area (Å²) in [5, 5.41) is 4.05. The highest BCUT2D eigenvalue weighted by Gasteiger charge is 2.30. The molecule has 7 heteroatoms. The van der Waals surface area contributed by atoms with E-state index in [2.05, 4.69) is 15.1 Å². The van der Waals surface area contributed by atoms with E-state index in [4.69, 9.17) is 4.52 Å². The molecule has 0 saturated carbocycles. The van der Waals surface area contributed by atoms with Gasteiger partial charge in [0.2, 0.25) is 5.89 Å². The van der Waals surface area contributed by atoms with Gasteiger partial charge in [0.05, 0.1) is 5.69 Å². The van der Waals surface area contributed by atoms with E-state index in [0.29, 0.717) is 24.7 Å². The third-order valence-corrected chi connectivity index (χ3v) is 5.08. The van der Waals surface area contributed by atoms with Gasteiger partial charge in [-0.3, -0.25) is 4.79 Å². The van der Waals surface area contributed by atoms with Crippen molar-refractivity contribution >= 4 is 11.6 Å². The summed E-state index contributed by atoms with van der Waals surface area (Å²) in [4.78, 5) is 23.8. The molecule has 1 amide bonds. The molecule has 0 spiro atoms. The number of aryl methyl sites for hydroxylation is 1. The summed E-state index contributed by atoms with van der Waals surface area (Å²) < 4.78 is 7.37. The van der Waals surface area contributed by atoms with Crippen molar-refractivity contribution in [1.82, 2.24) is 24.4 Å². The maximum absolute atomic E-state index is 12.9. The van der Waals surface area contributed by atoms with Crippen molar-refractivity contribution in [2.45, 2.75) is 45.4 Å². The smallest absolute Gasteiger partial charge is 0.274 e. The van der Waals surface area contributed by atoms with Crippen LogP contribution in [-0.2, 0) is 0 Å². The number of hydrogen-bond acceptors (Lipinski definition) is 5. The van der Waals surface area contributed by atoms with Crippen LogP contribution in [0.15, 0.2) is 28.9 Å². The Hall–Kier alpha value is -2.70. The normalized spacial score (nSPS) is 15.9. The molecule has 136 valence electrons. The predicted octanol–water partition coefficient (Wildman–Crippen LogP) is 3.17. The monoisotopic (exact) mass is 353 g/mol. The summed E-state index contributed by atoms with van der Waals surface area (Å²) in [6, 6.07) is 5.78. The van der Waals surface area contributed by atoms with Gasteiger partial charge in [0.25, 0.3) is 5.91 Å². The molecule has 0 atom stereocenters. The molecule has 0 aromatic carbocycles. The zero-order chi connectivity index (χ0) is 18.3. The topological polar surface area (TPSA) is 76.5 Å². The molecule has 0 N–H and O–H groups in total. The zero-order valence-electron chi connectivity index (χ0n) is 15.3. The van der Waals surface area contributed by atoms with Gasteiger partial charge in [-0.25, -0.2) is 4.98 Å². The van der Waals surface area contributed by atoms with Crippen LogP contribution in [0.2, 0.25) is 0 Å². The van der Waals surface area contributed by atoms with E-state index in [1.165, 1.54) is 0 Å². The second kappa shape index (κ2) is 6.55. The van der Waals surface area contributed by atoms with Gasteiger partial charge in [-0.2, -0.15) is 4.98 Å². The van der Waals surface area contributed by atoms with E-state index < -0.39 is 0 Å². The maximum atomic E-state index is 12.9. The molecule has 0 radical (unpaired) electrons. The summed E-state index contributed by atoms with van der Waals surface area (Å²) in [5.74, 6) is 1.93. The number of pyridine rings is 1. The maximum Gasteiger partial charge on any atom is 0.274 e. The predicted molar refractivity (Wildman–Crippen MR) is 96.2 cm³/mol. The SMILES string of the molecule is Cc1c(C(=O)N2CCC(c3nc(C(C)C)no3)CC2)nc2ccccn12. The highest BCUT2D eigenvalue weighted by atomic mass is 16.5. The first-order chi connectivity index (χ1) is 12.5. The van der Waals surface area contributed by atoms with Gasteiger partial charge in [0, 0.05) is 31.1 Å². The third kappa shape index (κ3) is 2.87. The van der Waals surface area contributed by atoms with Crippen LogP contribution in [0.5, 0.6) is 0 Å². The van der Waals surface area contributed by atoms with E-state index in [9.17, 15) is 4.79 Å². The first-order valence-electron chi connectivity index (χ1n) is 9.11. The molecule has 4 rings (SSSR count). The van der Waals surface area contributed by atoms with Crippen LogP contribution in [0.1, 0.15) is 66.4 Å².